The summed E-state index contributed by atoms with van der Waals surface area (Å²) in [5.41, 5.74) is 5.69. The zero-order chi connectivity index (χ0) is 12.3. The van der Waals surface area contributed by atoms with Gasteiger partial charge in [-0.3, -0.25) is 0 Å². The SMILES string of the molecule is CC(N)(C(=O)OC1CCOC1)c1ccccc1. The van der Waals surface area contributed by atoms with Gasteiger partial charge in [-0.15, -0.1) is 0 Å². The molecule has 1 heterocycles. The van der Waals surface area contributed by atoms with Gasteiger partial charge in [-0.05, 0) is 12.5 Å². The molecule has 0 saturated carbocycles. The molecule has 92 valence electrons. The van der Waals surface area contributed by atoms with Crippen molar-refractivity contribution in [3.63, 3.8) is 0 Å². The van der Waals surface area contributed by atoms with Gasteiger partial charge in [-0.2, -0.15) is 0 Å². The molecule has 1 aromatic rings. The predicted molar refractivity (Wildman–Crippen MR) is 63.3 cm³/mol. The average Bonchev–Trinajstić information content (AvgIpc) is 2.83. The van der Waals surface area contributed by atoms with Crippen LogP contribution in [-0.4, -0.2) is 25.3 Å². The molecule has 0 radical (unpaired) electrons. The molecule has 4 heteroatoms. The molecule has 2 unspecified atom stereocenters. The number of carbonyl (C=O) groups is 1. The fourth-order valence-electron chi connectivity index (χ4n) is 1.78. The smallest absolute Gasteiger partial charge is 0.330 e. The molecule has 0 aromatic heterocycles. The molecular formula is C13H17NO3. The first-order valence-corrected chi connectivity index (χ1v) is 5.74. The number of carbonyl (C=O) groups excluding carboxylic acids is 1. The van der Waals surface area contributed by atoms with Gasteiger partial charge in [-0.1, -0.05) is 30.3 Å². The molecular weight excluding hydrogens is 218 g/mol. The average molecular weight is 235 g/mol. The van der Waals surface area contributed by atoms with Crippen LogP contribution in [-0.2, 0) is 19.8 Å². The van der Waals surface area contributed by atoms with Crippen molar-refractivity contribution in [1.82, 2.24) is 0 Å². The van der Waals surface area contributed by atoms with Crippen LogP contribution in [0.5, 0.6) is 0 Å². The summed E-state index contributed by atoms with van der Waals surface area (Å²) < 4.78 is 10.5. The molecule has 2 N–H and O–H groups in total. The molecule has 1 aromatic carbocycles. The molecule has 2 rings (SSSR count). The lowest BCUT2D eigenvalue weighted by Gasteiger charge is -2.24. The Hall–Kier alpha value is -1.39. The third-order valence-electron chi connectivity index (χ3n) is 2.96. The van der Waals surface area contributed by atoms with E-state index in [1.165, 1.54) is 0 Å². The lowest BCUT2D eigenvalue weighted by Crippen LogP contribution is -2.44. The molecule has 1 fully saturated rings. The Bertz CT molecular complexity index is 383. The van der Waals surface area contributed by atoms with E-state index in [1.54, 1.807) is 6.92 Å². The predicted octanol–water partition coefficient (Wildman–Crippen LogP) is 1.19. The first-order chi connectivity index (χ1) is 8.10. The molecule has 17 heavy (non-hydrogen) atoms. The van der Waals surface area contributed by atoms with Crippen LogP contribution in [0.25, 0.3) is 0 Å². The molecule has 1 aliphatic heterocycles. The quantitative estimate of drug-likeness (QED) is 0.799. The van der Waals surface area contributed by atoms with Crippen molar-refractivity contribution in [3.8, 4) is 0 Å². The van der Waals surface area contributed by atoms with Crippen LogP contribution in [0.2, 0.25) is 0 Å². The zero-order valence-electron chi connectivity index (χ0n) is 9.89. The van der Waals surface area contributed by atoms with Crippen LogP contribution < -0.4 is 5.73 Å². The monoisotopic (exact) mass is 235 g/mol. The summed E-state index contributed by atoms with van der Waals surface area (Å²) in [4.78, 5) is 12.0. The Morgan fingerprint density at radius 2 is 2.18 bits per heavy atom. The molecule has 0 spiro atoms. The first-order valence-electron chi connectivity index (χ1n) is 5.74. The van der Waals surface area contributed by atoms with Crippen LogP contribution in [0.1, 0.15) is 18.9 Å². The second kappa shape index (κ2) is 4.85. The maximum absolute atomic E-state index is 12.0. The largest absolute Gasteiger partial charge is 0.458 e. The van der Waals surface area contributed by atoms with Gasteiger partial charge in [0.05, 0.1) is 13.2 Å². The number of rotatable bonds is 3. The van der Waals surface area contributed by atoms with E-state index in [2.05, 4.69) is 0 Å². The van der Waals surface area contributed by atoms with Crippen LogP contribution in [0.4, 0.5) is 0 Å². The molecule has 0 amide bonds. The summed E-state index contributed by atoms with van der Waals surface area (Å²) in [7, 11) is 0. The van der Waals surface area contributed by atoms with Gasteiger partial charge in [0.2, 0.25) is 0 Å². The molecule has 1 aliphatic rings. The van der Waals surface area contributed by atoms with E-state index in [1.807, 2.05) is 30.3 Å². The van der Waals surface area contributed by atoms with Crippen molar-refractivity contribution >= 4 is 5.97 Å². The Balaban J connectivity index is 2.06. The molecule has 2 atom stereocenters. The minimum atomic E-state index is -1.11. The molecule has 0 aliphatic carbocycles. The normalized spacial score (nSPS) is 23.1. The number of hydrogen-bond donors (Lipinski definition) is 1. The highest BCUT2D eigenvalue weighted by Crippen LogP contribution is 2.21. The summed E-state index contributed by atoms with van der Waals surface area (Å²) in [6.45, 7) is 2.78. The summed E-state index contributed by atoms with van der Waals surface area (Å²) in [5, 5.41) is 0. The standard InChI is InChI=1S/C13H17NO3/c1-13(14,10-5-3-2-4-6-10)12(15)17-11-7-8-16-9-11/h2-6,11H,7-9,14H2,1H3. The van der Waals surface area contributed by atoms with E-state index in [9.17, 15) is 4.79 Å². The van der Waals surface area contributed by atoms with Crippen LogP contribution in [0.3, 0.4) is 0 Å². The number of benzene rings is 1. The van der Waals surface area contributed by atoms with E-state index in [-0.39, 0.29) is 6.10 Å². The number of ether oxygens (including phenoxy) is 2. The summed E-state index contributed by atoms with van der Waals surface area (Å²) >= 11 is 0. The third-order valence-corrected chi connectivity index (χ3v) is 2.96. The lowest BCUT2D eigenvalue weighted by molar-refractivity contribution is -0.155. The maximum Gasteiger partial charge on any atom is 0.330 e. The Morgan fingerprint density at radius 3 is 2.76 bits per heavy atom. The Morgan fingerprint density at radius 1 is 1.47 bits per heavy atom. The van der Waals surface area contributed by atoms with Crippen LogP contribution in [0, 0.1) is 0 Å². The van der Waals surface area contributed by atoms with E-state index in [4.69, 9.17) is 15.2 Å². The van der Waals surface area contributed by atoms with Gasteiger partial charge in [0.15, 0.2) is 0 Å². The first kappa shape index (κ1) is 12.1. The van der Waals surface area contributed by atoms with E-state index in [0.29, 0.717) is 13.2 Å². The topological polar surface area (TPSA) is 61.6 Å². The summed E-state index contributed by atoms with van der Waals surface area (Å²) in [6.07, 6.45) is 0.588. The lowest BCUT2D eigenvalue weighted by atomic mass is 9.93. The molecule has 1 saturated heterocycles. The maximum atomic E-state index is 12.0. The number of hydrogen-bond acceptors (Lipinski definition) is 4. The van der Waals surface area contributed by atoms with Gasteiger partial charge in [0.25, 0.3) is 0 Å². The van der Waals surface area contributed by atoms with Gasteiger partial charge in [0.1, 0.15) is 11.6 Å². The van der Waals surface area contributed by atoms with E-state index in [0.717, 1.165) is 12.0 Å². The summed E-state index contributed by atoms with van der Waals surface area (Å²) in [5.74, 6) is -0.404. The highest BCUT2D eigenvalue weighted by molar-refractivity contribution is 5.82. The third kappa shape index (κ3) is 2.65. The van der Waals surface area contributed by atoms with Crippen molar-refractivity contribution < 1.29 is 14.3 Å². The van der Waals surface area contributed by atoms with Crippen molar-refractivity contribution in [3.05, 3.63) is 35.9 Å². The Labute approximate surface area is 101 Å². The molecule has 4 nitrogen and oxygen atoms in total. The minimum absolute atomic E-state index is 0.158. The second-order valence-electron chi connectivity index (χ2n) is 4.46. The van der Waals surface area contributed by atoms with Gasteiger partial charge >= 0.3 is 5.97 Å². The van der Waals surface area contributed by atoms with E-state index >= 15 is 0 Å². The summed E-state index contributed by atoms with van der Waals surface area (Å²) in [6, 6.07) is 9.24. The fraction of sp³-hybridized carbons (Fsp3) is 0.462. The highest BCUT2D eigenvalue weighted by atomic mass is 16.6. The Kier molecular flexibility index (Phi) is 3.45. The number of nitrogens with two attached hydrogens (primary N) is 1. The van der Waals surface area contributed by atoms with Crippen LogP contribution >= 0.6 is 0 Å². The molecule has 0 bridgehead atoms. The minimum Gasteiger partial charge on any atom is -0.458 e. The highest BCUT2D eigenvalue weighted by Gasteiger charge is 2.34. The second-order valence-corrected chi connectivity index (χ2v) is 4.46. The van der Waals surface area contributed by atoms with Gasteiger partial charge < -0.3 is 15.2 Å². The van der Waals surface area contributed by atoms with Gasteiger partial charge in [-0.25, -0.2) is 4.79 Å². The van der Waals surface area contributed by atoms with Crippen molar-refractivity contribution in [1.29, 1.82) is 0 Å². The van der Waals surface area contributed by atoms with Crippen molar-refractivity contribution in [2.75, 3.05) is 13.2 Å². The van der Waals surface area contributed by atoms with E-state index < -0.39 is 11.5 Å². The van der Waals surface area contributed by atoms with Gasteiger partial charge in [0, 0.05) is 6.42 Å². The van der Waals surface area contributed by atoms with Crippen molar-refractivity contribution in [2.24, 2.45) is 5.73 Å². The number of esters is 1. The fourth-order valence-corrected chi connectivity index (χ4v) is 1.78. The van der Waals surface area contributed by atoms with Crippen molar-refractivity contribution in [2.45, 2.75) is 25.0 Å². The zero-order valence-corrected chi connectivity index (χ0v) is 9.89. The van der Waals surface area contributed by atoms with Crippen LogP contribution in [0.15, 0.2) is 30.3 Å².